The van der Waals surface area contributed by atoms with Crippen molar-refractivity contribution >= 4 is 17.6 Å². The molecule has 0 heterocycles. The highest BCUT2D eigenvalue weighted by atomic mass is 35.5. The topological polar surface area (TPSA) is 45.7 Å². The average Bonchev–Trinajstić information content (AvgIpc) is 3.29. The van der Waals surface area contributed by atoms with Crippen LogP contribution in [0.2, 0.25) is 5.02 Å². The molecule has 0 amide bonds. The largest absolute Gasteiger partial charge is 0.487 e. The number of nitrogens with one attached hydrogen (secondary N) is 2. The molecule has 4 nitrogen and oxygen atoms in total. The summed E-state index contributed by atoms with van der Waals surface area (Å²) in [7, 11) is 0. The molecule has 5 heteroatoms. The van der Waals surface area contributed by atoms with E-state index in [2.05, 4.69) is 22.5 Å². The molecular weight excluding hydrogens is 286 g/mol. The predicted octanol–water partition coefficient (Wildman–Crippen LogP) is 3.07. The summed E-state index contributed by atoms with van der Waals surface area (Å²) in [5.74, 6) is 2.39. The molecule has 116 valence electrons. The lowest BCUT2D eigenvalue weighted by Crippen LogP contribution is -2.39. The summed E-state index contributed by atoms with van der Waals surface area (Å²) in [6, 6.07) is 7.51. The number of benzene rings is 1. The molecule has 21 heavy (non-hydrogen) atoms. The van der Waals surface area contributed by atoms with E-state index in [4.69, 9.17) is 16.3 Å². The average molecular weight is 310 g/mol. The van der Waals surface area contributed by atoms with Gasteiger partial charge in [0.25, 0.3) is 0 Å². The van der Waals surface area contributed by atoms with E-state index in [1.54, 1.807) is 0 Å². The Morgan fingerprint density at radius 3 is 2.81 bits per heavy atom. The van der Waals surface area contributed by atoms with Gasteiger partial charge in [0.1, 0.15) is 11.9 Å². The third kappa shape index (κ3) is 5.84. The molecule has 1 aliphatic carbocycles. The molecule has 0 spiro atoms. The summed E-state index contributed by atoms with van der Waals surface area (Å²) < 4.78 is 5.82. The van der Waals surface area contributed by atoms with Gasteiger partial charge in [-0.25, -0.2) is 4.99 Å². The molecule has 2 N–H and O–H groups in total. The Morgan fingerprint density at radius 1 is 1.38 bits per heavy atom. The van der Waals surface area contributed by atoms with Crippen LogP contribution < -0.4 is 15.4 Å². The van der Waals surface area contributed by atoms with Gasteiger partial charge in [0.15, 0.2) is 5.96 Å². The minimum atomic E-state index is -0.0266. The number of halogens is 1. The first-order valence-electron chi connectivity index (χ1n) is 7.62. The van der Waals surface area contributed by atoms with Crippen LogP contribution in [0.4, 0.5) is 0 Å². The summed E-state index contributed by atoms with van der Waals surface area (Å²) >= 11 is 6.09. The van der Waals surface area contributed by atoms with Gasteiger partial charge in [-0.2, -0.15) is 0 Å². The van der Waals surface area contributed by atoms with E-state index in [-0.39, 0.29) is 6.10 Å². The number of para-hydroxylation sites is 1. The molecule has 0 aliphatic heterocycles. The molecule has 0 aromatic heterocycles. The SMILES string of the molecule is CCNC(=NCC(C)Oc1ccccc1Cl)NCC1CC1. The first kappa shape index (κ1) is 16.0. The molecule has 1 atom stereocenters. The van der Waals surface area contributed by atoms with Crippen LogP contribution in [0.5, 0.6) is 5.75 Å². The fourth-order valence-corrected chi connectivity index (χ4v) is 2.10. The van der Waals surface area contributed by atoms with Gasteiger partial charge in [0.2, 0.25) is 0 Å². The molecule has 0 radical (unpaired) electrons. The van der Waals surface area contributed by atoms with Crippen LogP contribution in [0.15, 0.2) is 29.3 Å². The Kier molecular flexibility index (Phi) is 6.18. The Morgan fingerprint density at radius 2 is 2.14 bits per heavy atom. The standard InChI is InChI=1S/C16H24ClN3O/c1-3-18-16(20-11-13-8-9-13)19-10-12(2)21-15-7-5-4-6-14(15)17/h4-7,12-13H,3,8-11H2,1-2H3,(H2,18,19,20). The highest BCUT2D eigenvalue weighted by molar-refractivity contribution is 6.32. The van der Waals surface area contributed by atoms with Gasteiger partial charge in [-0.1, -0.05) is 23.7 Å². The fraction of sp³-hybridized carbons (Fsp3) is 0.562. The number of nitrogens with zero attached hydrogens (tertiary/aromatic N) is 1. The van der Waals surface area contributed by atoms with Gasteiger partial charge in [-0.05, 0) is 44.7 Å². The minimum absolute atomic E-state index is 0.0266. The smallest absolute Gasteiger partial charge is 0.191 e. The zero-order chi connectivity index (χ0) is 15.1. The quantitative estimate of drug-likeness (QED) is 0.601. The van der Waals surface area contributed by atoms with Gasteiger partial charge >= 0.3 is 0 Å². The molecular formula is C16H24ClN3O. The van der Waals surface area contributed by atoms with Gasteiger partial charge in [-0.15, -0.1) is 0 Å². The normalized spacial score (nSPS) is 16.4. The summed E-state index contributed by atoms with van der Waals surface area (Å²) in [5.41, 5.74) is 0. The van der Waals surface area contributed by atoms with Gasteiger partial charge in [-0.3, -0.25) is 0 Å². The third-order valence-corrected chi connectivity index (χ3v) is 3.58. The molecule has 1 aromatic rings. The van der Waals surface area contributed by atoms with Crippen molar-refractivity contribution < 1.29 is 4.74 Å². The molecule has 1 aromatic carbocycles. The van der Waals surface area contributed by atoms with Crippen molar-refractivity contribution in [3.8, 4) is 5.75 Å². The number of guanidine groups is 1. The molecule has 1 aliphatic rings. The van der Waals surface area contributed by atoms with Gasteiger partial charge < -0.3 is 15.4 Å². The zero-order valence-corrected chi connectivity index (χ0v) is 13.5. The van der Waals surface area contributed by atoms with Crippen LogP contribution in [-0.4, -0.2) is 31.7 Å². The Hall–Kier alpha value is -1.42. The van der Waals surface area contributed by atoms with E-state index in [0.717, 1.165) is 25.0 Å². The summed E-state index contributed by atoms with van der Waals surface area (Å²) in [4.78, 5) is 4.57. The van der Waals surface area contributed by atoms with Crippen molar-refractivity contribution in [2.24, 2.45) is 10.9 Å². The highest BCUT2D eigenvalue weighted by Crippen LogP contribution is 2.27. The molecule has 2 rings (SSSR count). The lowest BCUT2D eigenvalue weighted by Gasteiger charge is -2.15. The first-order valence-corrected chi connectivity index (χ1v) is 8.00. The number of rotatable bonds is 7. The molecule has 1 saturated carbocycles. The second kappa shape index (κ2) is 8.13. The Bertz CT molecular complexity index is 474. The lowest BCUT2D eigenvalue weighted by molar-refractivity contribution is 0.230. The van der Waals surface area contributed by atoms with E-state index in [1.165, 1.54) is 12.8 Å². The van der Waals surface area contributed by atoms with E-state index < -0.39 is 0 Å². The summed E-state index contributed by atoms with van der Waals surface area (Å²) in [6.45, 7) is 6.52. The van der Waals surface area contributed by atoms with E-state index in [9.17, 15) is 0 Å². The molecule has 0 bridgehead atoms. The molecule has 1 fully saturated rings. The van der Waals surface area contributed by atoms with Gasteiger partial charge in [0.05, 0.1) is 11.6 Å². The van der Waals surface area contributed by atoms with Crippen molar-refractivity contribution in [3.05, 3.63) is 29.3 Å². The molecule has 1 unspecified atom stereocenters. The maximum Gasteiger partial charge on any atom is 0.191 e. The van der Waals surface area contributed by atoms with Crippen molar-refractivity contribution in [1.29, 1.82) is 0 Å². The van der Waals surface area contributed by atoms with E-state index >= 15 is 0 Å². The number of ether oxygens (including phenoxy) is 1. The number of aliphatic imine (C=N–C) groups is 1. The minimum Gasteiger partial charge on any atom is -0.487 e. The fourth-order valence-electron chi connectivity index (χ4n) is 1.92. The number of hydrogen-bond donors (Lipinski definition) is 2. The van der Waals surface area contributed by atoms with Crippen molar-refractivity contribution in [2.75, 3.05) is 19.6 Å². The van der Waals surface area contributed by atoms with Gasteiger partial charge in [0, 0.05) is 13.1 Å². The second-order valence-electron chi connectivity index (χ2n) is 5.40. The highest BCUT2D eigenvalue weighted by Gasteiger charge is 2.21. The van der Waals surface area contributed by atoms with E-state index in [0.29, 0.717) is 17.3 Å². The predicted molar refractivity (Wildman–Crippen MR) is 88.2 cm³/mol. The van der Waals surface area contributed by atoms with Crippen molar-refractivity contribution in [2.45, 2.75) is 32.8 Å². The van der Waals surface area contributed by atoms with Crippen molar-refractivity contribution in [1.82, 2.24) is 10.6 Å². The Balaban J connectivity index is 1.82. The lowest BCUT2D eigenvalue weighted by atomic mass is 10.3. The van der Waals surface area contributed by atoms with Crippen LogP contribution >= 0.6 is 11.6 Å². The van der Waals surface area contributed by atoms with Crippen molar-refractivity contribution in [3.63, 3.8) is 0 Å². The van der Waals surface area contributed by atoms with Crippen LogP contribution in [-0.2, 0) is 0 Å². The monoisotopic (exact) mass is 309 g/mol. The van der Waals surface area contributed by atoms with Crippen LogP contribution in [0.3, 0.4) is 0 Å². The van der Waals surface area contributed by atoms with E-state index in [1.807, 2.05) is 31.2 Å². The maximum absolute atomic E-state index is 6.09. The maximum atomic E-state index is 6.09. The summed E-state index contributed by atoms with van der Waals surface area (Å²) in [5, 5.41) is 7.26. The molecule has 0 saturated heterocycles. The van der Waals surface area contributed by atoms with Crippen LogP contribution in [0.25, 0.3) is 0 Å². The summed E-state index contributed by atoms with van der Waals surface area (Å²) in [6.07, 6.45) is 2.64. The third-order valence-electron chi connectivity index (χ3n) is 3.27. The number of hydrogen-bond acceptors (Lipinski definition) is 2. The second-order valence-corrected chi connectivity index (χ2v) is 5.81. The van der Waals surface area contributed by atoms with Crippen LogP contribution in [0, 0.1) is 5.92 Å². The zero-order valence-electron chi connectivity index (χ0n) is 12.7. The van der Waals surface area contributed by atoms with Crippen LogP contribution in [0.1, 0.15) is 26.7 Å². The first-order chi connectivity index (χ1) is 10.2. The Labute approximate surface area is 131 Å².